The maximum absolute atomic E-state index is 12.1. The standard InChI is InChI=1S/C22H29N9O6S/c1-12-13(7-29(11-34-4)21(32)27-12)8-30(38-28-33)6-5-14-16-17(37-22(2,3)36-16)20(35-14)31-10-26-15-18(23)24-9-25-19(15)31/h7,9-10,14,16-17,20H,5-6,8,11H2,1-4H3,(H2,23,24,25). The van der Waals surface area contributed by atoms with Gasteiger partial charge in [0.15, 0.2) is 23.5 Å². The third kappa shape index (κ3) is 5.14. The number of aromatic nitrogens is 6. The molecule has 0 aliphatic carbocycles. The summed E-state index contributed by atoms with van der Waals surface area (Å²) in [6.07, 6.45) is 3.47. The van der Waals surface area contributed by atoms with Crippen molar-refractivity contribution in [1.29, 1.82) is 0 Å². The minimum absolute atomic E-state index is 0.0746. The molecule has 204 valence electrons. The summed E-state index contributed by atoms with van der Waals surface area (Å²) in [5.41, 5.74) is 7.91. The van der Waals surface area contributed by atoms with Gasteiger partial charge in [-0.15, -0.1) is 4.91 Å². The molecule has 38 heavy (non-hydrogen) atoms. The van der Waals surface area contributed by atoms with E-state index in [1.807, 2.05) is 13.8 Å². The molecule has 0 radical (unpaired) electrons. The Labute approximate surface area is 221 Å². The molecule has 2 N–H and O–H groups in total. The molecule has 0 amide bonds. The number of nitrogens with two attached hydrogens (primary N) is 1. The Balaban J connectivity index is 1.35. The molecule has 0 bridgehead atoms. The number of fused-ring (bicyclic) bond motifs is 2. The van der Waals surface area contributed by atoms with Crippen LogP contribution in [0.2, 0.25) is 0 Å². The molecule has 3 aromatic heterocycles. The predicted molar refractivity (Wildman–Crippen MR) is 136 cm³/mol. The number of methoxy groups -OCH3 is 1. The Morgan fingerprint density at radius 1 is 1.26 bits per heavy atom. The van der Waals surface area contributed by atoms with Gasteiger partial charge in [-0.05, 0) is 27.2 Å². The van der Waals surface area contributed by atoms with Gasteiger partial charge in [0.05, 0.1) is 12.4 Å². The number of hydrogen-bond acceptors (Lipinski definition) is 14. The molecule has 3 aromatic rings. The fraction of sp³-hybridized carbons (Fsp3) is 0.591. The molecule has 2 saturated heterocycles. The summed E-state index contributed by atoms with van der Waals surface area (Å²) >= 11 is 0.796. The first kappa shape index (κ1) is 26.6. The minimum Gasteiger partial charge on any atom is -0.382 e. The molecule has 16 heteroatoms. The SMILES string of the molecule is COCn1cc(CN(CCC2OC(n3cnc4c(N)ncnc43)C3OC(C)(C)OC23)SN=O)c(C)nc1=O. The molecule has 0 aromatic carbocycles. The van der Waals surface area contributed by atoms with Gasteiger partial charge in [-0.2, -0.15) is 4.98 Å². The van der Waals surface area contributed by atoms with Crippen LogP contribution in [0.4, 0.5) is 5.82 Å². The third-order valence-corrected chi connectivity index (χ3v) is 7.11. The van der Waals surface area contributed by atoms with Crippen molar-refractivity contribution >= 4 is 29.1 Å². The highest BCUT2D eigenvalue weighted by atomic mass is 32.2. The first-order chi connectivity index (χ1) is 18.2. The van der Waals surface area contributed by atoms with Crippen molar-refractivity contribution in [3.05, 3.63) is 45.5 Å². The van der Waals surface area contributed by atoms with Crippen molar-refractivity contribution in [2.75, 3.05) is 19.4 Å². The van der Waals surface area contributed by atoms with Crippen LogP contribution in [0.3, 0.4) is 0 Å². The molecule has 2 fully saturated rings. The number of anilines is 1. The van der Waals surface area contributed by atoms with Crippen molar-refractivity contribution in [3.63, 3.8) is 0 Å². The van der Waals surface area contributed by atoms with Crippen molar-refractivity contribution in [3.8, 4) is 0 Å². The number of nitroso groups, excluding NO2 is 1. The van der Waals surface area contributed by atoms with Crippen molar-refractivity contribution in [2.45, 2.75) is 70.8 Å². The predicted octanol–water partition coefficient (Wildman–Crippen LogP) is 1.52. The lowest BCUT2D eigenvalue weighted by Crippen LogP contribution is -2.32. The van der Waals surface area contributed by atoms with Gasteiger partial charge >= 0.3 is 5.69 Å². The summed E-state index contributed by atoms with van der Waals surface area (Å²) in [7, 11) is 1.50. The van der Waals surface area contributed by atoms with Gasteiger partial charge in [-0.3, -0.25) is 9.13 Å². The maximum Gasteiger partial charge on any atom is 0.349 e. The first-order valence-corrected chi connectivity index (χ1v) is 12.7. The number of hydrogen-bond donors (Lipinski definition) is 1. The summed E-state index contributed by atoms with van der Waals surface area (Å²) in [4.78, 5) is 40.1. The summed E-state index contributed by atoms with van der Waals surface area (Å²) in [6.45, 7) is 6.30. The van der Waals surface area contributed by atoms with Crippen molar-refractivity contribution in [1.82, 2.24) is 33.4 Å². The van der Waals surface area contributed by atoms with Crippen molar-refractivity contribution < 1.29 is 18.9 Å². The van der Waals surface area contributed by atoms with E-state index < -0.39 is 23.8 Å². The molecule has 0 spiro atoms. The molecule has 4 unspecified atom stereocenters. The highest BCUT2D eigenvalue weighted by Gasteiger charge is 2.56. The van der Waals surface area contributed by atoms with Crippen LogP contribution in [0.15, 0.2) is 28.2 Å². The van der Waals surface area contributed by atoms with E-state index in [9.17, 15) is 9.70 Å². The van der Waals surface area contributed by atoms with Crippen LogP contribution >= 0.6 is 12.1 Å². The zero-order valence-electron chi connectivity index (χ0n) is 21.4. The van der Waals surface area contributed by atoms with E-state index in [1.165, 1.54) is 18.0 Å². The molecule has 5 heterocycles. The Hall–Kier alpha value is -3.02. The smallest absolute Gasteiger partial charge is 0.349 e. The van der Waals surface area contributed by atoms with Crippen LogP contribution in [0, 0.1) is 11.8 Å². The highest BCUT2D eigenvalue weighted by molar-refractivity contribution is 7.95. The molecule has 5 rings (SSSR count). The Morgan fingerprint density at radius 3 is 2.82 bits per heavy atom. The molecule has 2 aliphatic heterocycles. The van der Waals surface area contributed by atoms with Crippen LogP contribution in [-0.4, -0.2) is 71.1 Å². The van der Waals surface area contributed by atoms with E-state index in [0.29, 0.717) is 36.4 Å². The fourth-order valence-corrected chi connectivity index (χ4v) is 5.31. The molecule has 15 nitrogen and oxygen atoms in total. The number of rotatable bonds is 10. The van der Waals surface area contributed by atoms with Crippen LogP contribution < -0.4 is 11.4 Å². The zero-order chi connectivity index (χ0) is 27.0. The fourth-order valence-electron chi connectivity index (χ4n) is 4.83. The van der Waals surface area contributed by atoms with Gasteiger partial charge < -0.3 is 24.7 Å². The van der Waals surface area contributed by atoms with Gasteiger partial charge in [0.25, 0.3) is 0 Å². The summed E-state index contributed by atoms with van der Waals surface area (Å²) < 4.78 is 31.9. The lowest BCUT2D eigenvalue weighted by atomic mass is 10.1. The van der Waals surface area contributed by atoms with E-state index in [4.69, 9.17) is 24.7 Å². The normalized spacial score (nSPS) is 24.3. The maximum atomic E-state index is 12.1. The second-order valence-electron chi connectivity index (χ2n) is 9.54. The number of nitrogens with zero attached hydrogens (tertiary/aromatic N) is 8. The topological polar surface area (TPSA) is 174 Å². The van der Waals surface area contributed by atoms with Gasteiger partial charge in [-0.1, -0.05) is 0 Å². The number of aryl methyl sites for hydroxylation is 1. The quantitative estimate of drug-likeness (QED) is 0.286. The Kier molecular flexibility index (Phi) is 7.43. The Morgan fingerprint density at radius 2 is 2.05 bits per heavy atom. The first-order valence-electron chi connectivity index (χ1n) is 12.0. The third-order valence-electron chi connectivity index (χ3n) is 6.50. The highest BCUT2D eigenvalue weighted by Crippen LogP contribution is 2.44. The van der Waals surface area contributed by atoms with Crippen LogP contribution in [0.5, 0.6) is 0 Å². The van der Waals surface area contributed by atoms with Gasteiger partial charge in [0, 0.05) is 42.2 Å². The summed E-state index contributed by atoms with van der Waals surface area (Å²) in [5, 5.41) is 0. The van der Waals surface area contributed by atoms with Crippen molar-refractivity contribution in [2.24, 2.45) is 4.58 Å². The second kappa shape index (κ2) is 10.6. The van der Waals surface area contributed by atoms with Gasteiger partial charge in [-0.25, -0.2) is 24.1 Å². The number of imidazole rings is 1. The van der Waals surface area contributed by atoms with E-state index in [-0.39, 0.29) is 24.8 Å². The lowest BCUT2D eigenvalue weighted by Gasteiger charge is -2.26. The van der Waals surface area contributed by atoms with E-state index in [2.05, 4.69) is 24.5 Å². The monoisotopic (exact) mass is 547 g/mol. The molecule has 0 saturated carbocycles. The van der Waals surface area contributed by atoms with E-state index in [0.717, 1.165) is 17.7 Å². The Bertz CT molecular complexity index is 1380. The zero-order valence-corrected chi connectivity index (χ0v) is 22.2. The number of ether oxygens (including phenoxy) is 4. The molecule has 4 atom stereocenters. The average Bonchev–Trinajstić information content (AvgIpc) is 3.52. The van der Waals surface area contributed by atoms with E-state index in [1.54, 1.807) is 28.3 Å². The van der Waals surface area contributed by atoms with Crippen LogP contribution in [0.25, 0.3) is 11.2 Å². The minimum atomic E-state index is -0.809. The molecular weight excluding hydrogens is 518 g/mol. The lowest BCUT2D eigenvalue weighted by molar-refractivity contribution is -0.197. The molecular formula is C22H29N9O6S. The van der Waals surface area contributed by atoms with Crippen LogP contribution in [0.1, 0.15) is 37.8 Å². The molecule has 2 aliphatic rings. The van der Waals surface area contributed by atoms with E-state index >= 15 is 0 Å². The number of nitrogen functional groups attached to an aromatic ring is 1. The summed E-state index contributed by atoms with van der Waals surface area (Å²) in [6, 6.07) is 0. The average molecular weight is 548 g/mol. The largest absolute Gasteiger partial charge is 0.382 e. The van der Waals surface area contributed by atoms with Gasteiger partial charge in [0.1, 0.15) is 42.9 Å². The second-order valence-corrected chi connectivity index (χ2v) is 10.4. The van der Waals surface area contributed by atoms with Crippen LogP contribution in [-0.2, 0) is 32.2 Å². The summed E-state index contributed by atoms with van der Waals surface area (Å²) in [5.74, 6) is -0.532. The van der Waals surface area contributed by atoms with Gasteiger partial charge in [0.2, 0.25) is 0 Å².